The first-order valence-electron chi connectivity index (χ1n) is 10.5. The van der Waals surface area contributed by atoms with E-state index < -0.39 is 12.1 Å². The molecule has 2 atom stereocenters. The van der Waals surface area contributed by atoms with E-state index in [1.165, 1.54) is 0 Å². The van der Waals surface area contributed by atoms with E-state index >= 15 is 0 Å². The molecule has 2 unspecified atom stereocenters. The predicted octanol–water partition coefficient (Wildman–Crippen LogP) is 4.10. The number of alkyl halides is 3. The van der Waals surface area contributed by atoms with Gasteiger partial charge in [0.1, 0.15) is 5.75 Å². The average Bonchev–Trinajstić information content (AvgIpc) is 2.72. The van der Waals surface area contributed by atoms with Crippen molar-refractivity contribution in [2.45, 2.75) is 51.2 Å². The van der Waals surface area contributed by atoms with Crippen molar-refractivity contribution in [1.82, 2.24) is 10.6 Å². The smallest absolute Gasteiger partial charge is 0.391 e. The van der Waals surface area contributed by atoms with Crippen LogP contribution in [-0.4, -0.2) is 50.3 Å². The lowest BCUT2D eigenvalue weighted by atomic mass is 9.85. The third-order valence-electron chi connectivity index (χ3n) is 5.44. The van der Waals surface area contributed by atoms with Crippen LogP contribution in [0.2, 0.25) is 0 Å². The first-order chi connectivity index (χ1) is 14.4. The summed E-state index contributed by atoms with van der Waals surface area (Å²) in [6, 6.07) is 7.16. The van der Waals surface area contributed by atoms with Crippen LogP contribution in [0.5, 0.6) is 5.75 Å². The summed E-state index contributed by atoms with van der Waals surface area (Å²) in [5.74, 6) is -0.131. The molecule has 1 aromatic carbocycles. The van der Waals surface area contributed by atoms with Crippen molar-refractivity contribution in [1.29, 1.82) is 0 Å². The highest BCUT2D eigenvalue weighted by Crippen LogP contribution is 2.37. The minimum absolute atomic E-state index is 0. The molecule has 174 valence electrons. The molecule has 0 bridgehead atoms. The second-order valence-corrected chi connectivity index (χ2v) is 7.66. The van der Waals surface area contributed by atoms with Crippen LogP contribution in [0.4, 0.5) is 18.9 Å². The highest BCUT2D eigenvalue weighted by atomic mass is 127. The van der Waals surface area contributed by atoms with Crippen LogP contribution in [-0.2, 0) is 4.79 Å². The zero-order valence-electron chi connectivity index (χ0n) is 17.6. The normalized spacial score (nSPS) is 21.6. The molecular weight excluding hydrogens is 524 g/mol. The lowest BCUT2D eigenvalue weighted by molar-refractivity contribution is -0.183. The molecule has 10 heteroatoms. The Balaban J connectivity index is 0.00000341. The van der Waals surface area contributed by atoms with Gasteiger partial charge in [0, 0.05) is 25.7 Å². The van der Waals surface area contributed by atoms with Gasteiger partial charge in [-0.3, -0.25) is 9.79 Å². The Labute approximate surface area is 198 Å². The predicted molar refractivity (Wildman–Crippen MR) is 125 cm³/mol. The second kappa shape index (κ2) is 11.8. The van der Waals surface area contributed by atoms with Crippen molar-refractivity contribution >= 4 is 41.5 Å². The van der Waals surface area contributed by atoms with E-state index in [-0.39, 0.29) is 55.4 Å². The maximum Gasteiger partial charge on any atom is 0.391 e. The lowest BCUT2D eigenvalue weighted by Crippen LogP contribution is -2.47. The highest BCUT2D eigenvalue weighted by molar-refractivity contribution is 14.0. The number of para-hydroxylation sites is 2. The number of aliphatic imine (C=N–C) groups is 1. The number of carbonyl (C=O) groups is 1. The Morgan fingerprint density at radius 2 is 2.06 bits per heavy atom. The molecule has 0 radical (unpaired) electrons. The van der Waals surface area contributed by atoms with Crippen molar-refractivity contribution in [3.05, 3.63) is 24.3 Å². The molecule has 1 saturated carbocycles. The third kappa shape index (κ3) is 7.15. The molecule has 0 spiro atoms. The molecule has 0 aromatic heterocycles. The van der Waals surface area contributed by atoms with Crippen LogP contribution in [0, 0.1) is 5.92 Å². The van der Waals surface area contributed by atoms with Crippen molar-refractivity contribution in [2.24, 2.45) is 10.9 Å². The standard InChI is InChI=1S/C21H29F3N4O2.HI/c1-2-25-20(27-16-8-5-7-15(13-16)21(22,23)24)26-11-6-12-28-17-9-3-4-10-18(17)30-14-19(28)29;/h3-4,9-10,15-16H,2,5-8,11-14H2,1H3,(H2,25,26,27);1H. The van der Waals surface area contributed by atoms with Crippen molar-refractivity contribution in [2.75, 3.05) is 31.1 Å². The fraction of sp³-hybridized carbons (Fsp3) is 0.619. The van der Waals surface area contributed by atoms with Crippen molar-refractivity contribution in [3.63, 3.8) is 0 Å². The van der Waals surface area contributed by atoms with Gasteiger partial charge in [0.15, 0.2) is 12.6 Å². The van der Waals surface area contributed by atoms with Gasteiger partial charge in [0.2, 0.25) is 0 Å². The monoisotopic (exact) mass is 554 g/mol. The molecule has 3 rings (SSSR count). The molecule has 1 aliphatic heterocycles. The van der Waals surface area contributed by atoms with Gasteiger partial charge >= 0.3 is 6.18 Å². The summed E-state index contributed by atoms with van der Waals surface area (Å²) in [6.07, 6.45) is -1.98. The summed E-state index contributed by atoms with van der Waals surface area (Å²) in [5, 5.41) is 6.26. The maximum atomic E-state index is 13.0. The van der Waals surface area contributed by atoms with Gasteiger partial charge in [-0.25, -0.2) is 0 Å². The molecule has 1 aliphatic carbocycles. The van der Waals surface area contributed by atoms with E-state index in [4.69, 9.17) is 4.74 Å². The van der Waals surface area contributed by atoms with Gasteiger partial charge in [0.05, 0.1) is 11.6 Å². The second-order valence-electron chi connectivity index (χ2n) is 7.66. The summed E-state index contributed by atoms with van der Waals surface area (Å²) in [4.78, 5) is 18.4. The number of rotatable bonds is 6. The summed E-state index contributed by atoms with van der Waals surface area (Å²) in [5.41, 5.74) is 0.753. The lowest BCUT2D eigenvalue weighted by Gasteiger charge is -2.32. The molecule has 1 fully saturated rings. The van der Waals surface area contributed by atoms with E-state index in [2.05, 4.69) is 15.6 Å². The number of hydrogen-bond acceptors (Lipinski definition) is 3. The number of fused-ring (bicyclic) bond motifs is 1. The van der Waals surface area contributed by atoms with Crippen LogP contribution in [0.1, 0.15) is 39.0 Å². The van der Waals surface area contributed by atoms with Gasteiger partial charge in [0.25, 0.3) is 5.91 Å². The Morgan fingerprint density at radius 3 is 2.81 bits per heavy atom. The van der Waals surface area contributed by atoms with Gasteiger partial charge in [-0.1, -0.05) is 18.6 Å². The largest absolute Gasteiger partial charge is 0.482 e. The van der Waals surface area contributed by atoms with Crippen molar-refractivity contribution in [3.8, 4) is 5.75 Å². The molecule has 1 aromatic rings. The van der Waals surface area contributed by atoms with E-state index in [9.17, 15) is 18.0 Å². The number of nitrogens with one attached hydrogen (secondary N) is 2. The van der Waals surface area contributed by atoms with E-state index in [1.54, 1.807) is 4.90 Å². The SMILES string of the molecule is CCNC(=NCCCN1C(=O)COc2ccccc21)NC1CCCC(C(F)(F)F)C1.I. The molecule has 2 aliphatic rings. The first kappa shape index (κ1) is 25.5. The number of ether oxygens (including phenoxy) is 1. The van der Waals surface area contributed by atoms with E-state index in [0.717, 1.165) is 5.69 Å². The summed E-state index contributed by atoms with van der Waals surface area (Å²) >= 11 is 0. The Kier molecular flexibility index (Phi) is 9.70. The zero-order chi connectivity index (χ0) is 21.6. The molecular formula is C21H30F3IN4O2. The molecule has 0 saturated heterocycles. The van der Waals surface area contributed by atoms with E-state index in [0.29, 0.717) is 50.6 Å². The Hall–Kier alpha value is -1.72. The van der Waals surface area contributed by atoms with Crippen LogP contribution < -0.4 is 20.3 Å². The fourth-order valence-corrected chi connectivity index (χ4v) is 3.95. The highest BCUT2D eigenvalue weighted by Gasteiger charge is 2.42. The average molecular weight is 554 g/mol. The molecule has 1 amide bonds. The summed E-state index contributed by atoms with van der Waals surface area (Å²) < 4.78 is 44.6. The Bertz CT molecular complexity index is 760. The van der Waals surface area contributed by atoms with Gasteiger partial charge in [-0.2, -0.15) is 13.2 Å². The number of guanidine groups is 1. The first-order valence-corrected chi connectivity index (χ1v) is 10.5. The zero-order valence-corrected chi connectivity index (χ0v) is 19.9. The van der Waals surface area contributed by atoms with Crippen LogP contribution in [0.3, 0.4) is 0 Å². The number of amides is 1. The number of hydrogen-bond donors (Lipinski definition) is 2. The summed E-state index contributed by atoms with van der Waals surface area (Å²) in [6.45, 7) is 3.52. The van der Waals surface area contributed by atoms with Crippen LogP contribution in [0.15, 0.2) is 29.3 Å². The quantitative estimate of drug-likeness (QED) is 0.241. The topological polar surface area (TPSA) is 66.0 Å². The number of halogens is 4. The fourth-order valence-electron chi connectivity index (χ4n) is 3.95. The maximum absolute atomic E-state index is 13.0. The number of benzene rings is 1. The van der Waals surface area contributed by atoms with E-state index in [1.807, 2.05) is 31.2 Å². The Morgan fingerprint density at radius 1 is 1.29 bits per heavy atom. The minimum Gasteiger partial charge on any atom is -0.482 e. The molecule has 1 heterocycles. The van der Waals surface area contributed by atoms with Gasteiger partial charge in [-0.05, 0) is 44.7 Å². The third-order valence-corrected chi connectivity index (χ3v) is 5.44. The van der Waals surface area contributed by atoms with Gasteiger partial charge < -0.3 is 20.3 Å². The number of carbonyl (C=O) groups excluding carboxylic acids is 1. The van der Waals surface area contributed by atoms with Crippen molar-refractivity contribution < 1.29 is 22.7 Å². The molecule has 6 nitrogen and oxygen atoms in total. The summed E-state index contributed by atoms with van der Waals surface area (Å²) in [7, 11) is 0. The van der Waals surface area contributed by atoms with Crippen LogP contribution in [0.25, 0.3) is 0 Å². The van der Waals surface area contributed by atoms with Gasteiger partial charge in [-0.15, -0.1) is 24.0 Å². The molecule has 2 N–H and O–H groups in total. The molecule has 31 heavy (non-hydrogen) atoms. The number of anilines is 1. The number of nitrogens with zero attached hydrogens (tertiary/aromatic N) is 2. The minimum atomic E-state index is -4.14. The van der Waals surface area contributed by atoms with Crippen LogP contribution >= 0.6 is 24.0 Å².